The topological polar surface area (TPSA) is 423 Å². The van der Waals surface area contributed by atoms with Crippen LogP contribution in [0.1, 0.15) is 52.2 Å². The Morgan fingerprint density at radius 2 is 0.975 bits per heavy atom. The molecule has 0 atom stereocenters. The summed E-state index contributed by atoms with van der Waals surface area (Å²) in [6, 6.07) is 7.88. The van der Waals surface area contributed by atoms with Crippen molar-refractivity contribution in [3.8, 4) is 10.7 Å². The second-order valence-corrected chi connectivity index (χ2v) is 26.2. The zero-order chi connectivity index (χ0) is 59.4. The first-order chi connectivity index (χ1) is 38.3. The van der Waals surface area contributed by atoms with Crippen molar-refractivity contribution in [2.75, 3.05) is 141 Å². The van der Waals surface area contributed by atoms with Crippen molar-refractivity contribution >= 4 is 137 Å². The second-order valence-electron chi connectivity index (χ2n) is 17.2. The van der Waals surface area contributed by atoms with Crippen LogP contribution in [0, 0.1) is 0 Å². The number of methoxy groups -OCH3 is 1. The number of fused-ring (bicyclic) bond motifs is 1. The molecule has 3 saturated heterocycles. The number of nitrogen functional groups attached to an aromatic ring is 4. The molecule has 0 unspecified atom stereocenters. The van der Waals surface area contributed by atoms with Crippen molar-refractivity contribution in [3.05, 3.63) is 70.7 Å². The van der Waals surface area contributed by atoms with Gasteiger partial charge >= 0.3 is 11.9 Å². The molecule has 5 aromatic heterocycles. The number of halogens is 2. The number of sulfonamides is 3. The summed E-state index contributed by atoms with van der Waals surface area (Å²) in [7, 11) is -8.28. The van der Waals surface area contributed by atoms with Crippen LogP contribution in [0.4, 0.5) is 40.7 Å². The fraction of sp³-hybridized carbons (Fsp3) is 0.422. The largest absolute Gasteiger partial charge is 0.476 e. The average molecular weight is 1290 g/mol. The Hall–Kier alpha value is -6.86. The Labute approximate surface area is 484 Å². The highest BCUT2D eigenvalue weighted by Crippen LogP contribution is 2.33. The number of thiazole rings is 1. The summed E-state index contributed by atoms with van der Waals surface area (Å²) in [6.07, 6.45) is 5.88. The van der Waals surface area contributed by atoms with Gasteiger partial charge in [-0.3, -0.25) is 4.79 Å². The van der Waals surface area contributed by atoms with Gasteiger partial charge in [0.25, 0.3) is 5.24 Å². The zero-order valence-corrected chi connectivity index (χ0v) is 49.8. The summed E-state index contributed by atoms with van der Waals surface area (Å²) in [5.74, 6) is 0.201. The minimum atomic E-state index is -3.20. The Balaban J connectivity index is 0.000000180. The lowest BCUT2D eigenvalue weighted by Crippen LogP contribution is -2.49. The number of rotatable bonds is 13. The normalized spacial score (nSPS) is 15.6. The highest BCUT2D eigenvalue weighted by molar-refractivity contribution is 9.10. The van der Waals surface area contributed by atoms with Gasteiger partial charge < -0.3 is 47.5 Å². The van der Waals surface area contributed by atoms with Crippen LogP contribution in [-0.4, -0.2) is 208 Å². The molecule has 8 heterocycles. The van der Waals surface area contributed by atoms with E-state index in [1.165, 1.54) is 50.0 Å². The van der Waals surface area contributed by atoms with Crippen LogP contribution < -0.4 is 37.6 Å². The van der Waals surface area contributed by atoms with E-state index in [1.54, 1.807) is 31.9 Å². The lowest BCUT2D eigenvalue weighted by Gasteiger charge is -2.34. The van der Waals surface area contributed by atoms with E-state index < -0.39 is 47.3 Å². The van der Waals surface area contributed by atoms with Gasteiger partial charge in [0.15, 0.2) is 40.4 Å². The summed E-state index contributed by atoms with van der Waals surface area (Å²) >= 11 is 9.98. The first-order valence-corrected chi connectivity index (χ1v) is 31.4. The number of hydrogen-bond donors (Lipinski definition) is 5. The Bertz CT molecular complexity index is 3420. The number of carboxylic acid groups (broad SMARTS) is 1. The van der Waals surface area contributed by atoms with Crippen molar-refractivity contribution in [2.45, 2.75) is 20.8 Å². The predicted molar refractivity (Wildman–Crippen MR) is 310 cm³/mol. The van der Waals surface area contributed by atoms with Gasteiger partial charge in [-0.05, 0) is 60.4 Å². The number of carboxylic acids is 1. The molecule has 0 radical (unpaired) electrons. The summed E-state index contributed by atoms with van der Waals surface area (Å²) in [5, 5.41) is 8.94. The Morgan fingerprint density at radius 1 is 0.580 bits per heavy atom. The number of para-hydroxylation sites is 1. The van der Waals surface area contributed by atoms with E-state index in [0.717, 1.165) is 15.2 Å². The molecule has 9 rings (SSSR count). The van der Waals surface area contributed by atoms with Crippen molar-refractivity contribution in [1.29, 1.82) is 0 Å². The van der Waals surface area contributed by atoms with E-state index in [0.29, 0.717) is 112 Å². The number of carbonyl (C=O) groups excluding carboxylic acids is 2. The highest BCUT2D eigenvalue weighted by atomic mass is 79.9. The standard InChI is InChI=1S/C17H20N6O2S2.C11H16ClN5O3S.C11H17N5O4S.C6H6BrN3O2/c1-2-27(24,25)23-9-7-22(8-10-23)14-11-19-16(18)15(21-14)17-20-12-5-3-4-6-13(12)26-17;1-2-21(19,20)17-5-3-16(4-6-17)8-7-14-11(13)9(15-8)10(12)18;1-2-21(19,20)16-5-3-15(4-6-16)8-7-13-10(12)9(14-8)11(17)18;1-12-6(11)4-5(8)9-2-3(7)10-4/h3-6,11H,2,7-10H2,1H3,(H2,18,19);7H,2-6H2,1H3,(H2,13,14);7H,2-6H2,1H3,(H2,12,13)(H,17,18);2H,1H3,(H2,8,9). The number of nitrogens with zero attached hydrogens (tertiary/aromatic N) is 15. The second kappa shape index (κ2) is 27.7. The van der Waals surface area contributed by atoms with Crippen molar-refractivity contribution in [2.24, 2.45) is 0 Å². The Kier molecular flexibility index (Phi) is 21.7. The maximum Gasteiger partial charge on any atom is 0.360 e. The molecule has 0 saturated carbocycles. The lowest BCUT2D eigenvalue weighted by atomic mass is 10.3. The van der Waals surface area contributed by atoms with E-state index in [9.17, 15) is 39.6 Å². The summed E-state index contributed by atoms with van der Waals surface area (Å²) in [4.78, 5) is 75.7. The monoisotopic (exact) mass is 1280 g/mol. The lowest BCUT2D eigenvalue weighted by molar-refractivity contribution is 0.0593. The number of aromatic nitrogens is 9. The highest BCUT2D eigenvalue weighted by Gasteiger charge is 2.30. The van der Waals surface area contributed by atoms with Crippen LogP contribution in [0.15, 0.2) is 53.7 Å². The number of ether oxygens (including phenoxy) is 1. The van der Waals surface area contributed by atoms with Crippen LogP contribution in [0.3, 0.4) is 0 Å². The molecule has 3 aliphatic heterocycles. The molecule has 0 amide bonds. The third-order valence-corrected chi connectivity index (χ3v) is 19.6. The molecule has 36 heteroatoms. The number of anilines is 7. The fourth-order valence-electron chi connectivity index (χ4n) is 7.81. The number of esters is 1. The molecule has 6 aromatic rings. The van der Waals surface area contributed by atoms with E-state index in [1.807, 2.05) is 34.1 Å². The first kappa shape index (κ1) is 63.3. The molecular weight excluding hydrogens is 1230 g/mol. The smallest absolute Gasteiger partial charge is 0.360 e. The number of benzene rings is 1. The molecular formula is C45H59BrClN19O11S4. The van der Waals surface area contributed by atoms with Gasteiger partial charge in [-0.2, -0.15) is 12.9 Å². The zero-order valence-electron chi connectivity index (χ0n) is 44.2. The van der Waals surface area contributed by atoms with Gasteiger partial charge in [-0.15, -0.1) is 11.3 Å². The fourth-order valence-corrected chi connectivity index (χ4v) is 12.5. The van der Waals surface area contributed by atoms with E-state index in [2.05, 4.69) is 65.5 Å². The van der Waals surface area contributed by atoms with Crippen LogP contribution >= 0.6 is 38.9 Å². The molecule has 0 aliphatic carbocycles. The predicted octanol–water partition coefficient (Wildman–Crippen LogP) is 1.55. The minimum absolute atomic E-state index is 0.0203. The molecule has 438 valence electrons. The third-order valence-electron chi connectivity index (χ3n) is 12.4. The maximum atomic E-state index is 12.0. The number of nitrogens with two attached hydrogens (primary N) is 4. The van der Waals surface area contributed by atoms with Crippen LogP contribution in [0.5, 0.6) is 0 Å². The number of piperazine rings is 3. The van der Waals surface area contributed by atoms with Crippen molar-refractivity contribution < 1.29 is 49.5 Å². The average Bonchev–Trinajstić information content (AvgIpc) is 3.91. The van der Waals surface area contributed by atoms with Gasteiger partial charge in [0.1, 0.15) is 32.8 Å². The molecule has 0 bridgehead atoms. The molecule has 1 aromatic carbocycles. The van der Waals surface area contributed by atoms with Crippen LogP contribution in [-0.2, 0) is 34.8 Å². The van der Waals surface area contributed by atoms with E-state index in [4.69, 9.17) is 39.6 Å². The SMILES string of the molecule is CCS(=O)(=O)N1CCN(c2cnc(N)c(-c3nc4ccccc4s3)n2)CC1.CCS(=O)(=O)N1CCN(c2cnc(N)c(C(=O)Cl)n2)CC1.CCS(=O)(=O)N1CCN(c2cnc(N)c(C(=O)O)n2)CC1.COC(=O)c1nc(Br)cnc1N. The molecule has 9 N–H and O–H groups in total. The van der Waals surface area contributed by atoms with Gasteiger partial charge in [-0.1, -0.05) is 12.1 Å². The third kappa shape index (κ3) is 16.2. The van der Waals surface area contributed by atoms with Gasteiger partial charge in [0, 0.05) is 78.5 Å². The first-order valence-electron chi connectivity index (χ1n) is 24.5. The van der Waals surface area contributed by atoms with Gasteiger partial charge in [-0.25, -0.2) is 79.7 Å². The molecule has 30 nitrogen and oxygen atoms in total. The molecule has 3 aliphatic rings. The number of aromatic carboxylic acids is 1. The van der Waals surface area contributed by atoms with Crippen molar-refractivity contribution in [3.63, 3.8) is 0 Å². The van der Waals surface area contributed by atoms with E-state index >= 15 is 0 Å². The van der Waals surface area contributed by atoms with Crippen molar-refractivity contribution in [1.82, 2.24) is 57.8 Å². The van der Waals surface area contributed by atoms with Crippen LogP contribution in [0.2, 0.25) is 0 Å². The summed E-state index contributed by atoms with van der Waals surface area (Å²) in [5.41, 5.74) is 23.5. The van der Waals surface area contributed by atoms with Gasteiger partial charge in [0.2, 0.25) is 30.1 Å². The molecule has 3 fully saturated rings. The van der Waals surface area contributed by atoms with Crippen LogP contribution in [0.25, 0.3) is 20.9 Å². The number of carbonyl (C=O) groups is 3. The number of hydrogen-bond acceptors (Lipinski definition) is 27. The quantitative estimate of drug-likeness (QED) is 0.0809. The van der Waals surface area contributed by atoms with Gasteiger partial charge in [0.05, 0.1) is 59.4 Å². The summed E-state index contributed by atoms with van der Waals surface area (Å²) < 4.78 is 81.5. The minimum Gasteiger partial charge on any atom is -0.476 e. The molecule has 81 heavy (non-hydrogen) atoms. The Morgan fingerprint density at radius 3 is 1.40 bits per heavy atom. The van der Waals surface area contributed by atoms with E-state index in [-0.39, 0.29) is 51.8 Å². The maximum absolute atomic E-state index is 12.0. The molecule has 0 spiro atoms. The summed E-state index contributed by atoms with van der Waals surface area (Å²) in [6.45, 7) is 10.1.